The molecule has 0 aromatic rings. The summed E-state index contributed by atoms with van der Waals surface area (Å²) >= 11 is 3.91. The molecule has 0 aliphatic carbocycles. The van der Waals surface area contributed by atoms with Crippen LogP contribution in [0.25, 0.3) is 0 Å². The highest BCUT2D eigenvalue weighted by Gasteiger charge is 2.17. The molecule has 0 saturated carbocycles. The standard InChI is InChI=1S/C8H14N2O3S.C2H6/c1-5(11)3-9-8(13)7(4-14)10-6(2)12;1-2/h7,14H,3-4H2,1-2H3,(H,9,13)(H,10,12);1-2H3/t7-;/m0./s1. The van der Waals surface area contributed by atoms with E-state index in [0.717, 1.165) is 0 Å². The first-order valence-corrected chi connectivity index (χ1v) is 5.75. The Morgan fingerprint density at radius 2 is 1.69 bits per heavy atom. The third-order valence-electron chi connectivity index (χ3n) is 1.39. The van der Waals surface area contributed by atoms with Crippen LogP contribution in [-0.2, 0) is 14.4 Å². The number of carbonyl (C=O) groups excluding carboxylic acids is 3. The Bertz CT molecular complexity index is 244. The average Bonchev–Trinajstić information content (AvgIpc) is 2.25. The van der Waals surface area contributed by atoms with Crippen LogP contribution in [0, 0.1) is 0 Å². The normalized spacial score (nSPS) is 10.6. The predicted molar refractivity (Wildman–Crippen MR) is 66.5 cm³/mol. The highest BCUT2D eigenvalue weighted by molar-refractivity contribution is 7.80. The number of hydrogen-bond donors (Lipinski definition) is 3. The molecule has 5 nitrogen and oxygen atoms in total. The molecule has 0 radical (unpaired) electrons. The maximum absolute atomic E-state index is 11.3. The smallest absolute Gasteiger partial charge is 0.243 e. The predicted octanol–water partition coefficient (Wildman–Crippen LogP) is 0.152. The van der Waals surface area contributed by atoms with E-state index in [1.54, 1.807) is 0 Å². The van der Waals surface area contributed by atoms with Crippen LogP contribution >= 0.6 is 12.6 Å². The van der Waals surface area contributed by atoms with Gasteiger partial charge in [-0.15, -0.1) is 0 Å². The molecule has 6 heteroatoms. The van der Waals surface area contributed by atoms with Crippen LogP contribution in [0.5, 0.6) is 0 Å². The second-order valence-electron chi connectivity index (χ2n) is 2.86. The Labute approximate surface area is 102 Å². The number of carbonyl (C=O) groups is 3. The van der Waals surface area contributed by atoms with Crippen LogP contribution in [0.2, 0.25) is 0 Å². The second-order valence-corrected chi connectivity index (χ2v) is 3.22. The Morgan fingerprint density at radius 1 is 1.19 bits per heavy atom. The summed E-state index contributed by atoms with van der Waals surface area (Å²) in [4.78, 5) is 32.5. The van der Waals surface area contributed by atoms with E-state index in [1.807, 2.05) is 13.8 Å². The van der Waals surface area contributed by atoms with E-state index in [-0.39, 0.29) is 24.0 Å². The van der Waals surface area contributed by atoms with Gasteiger partial charge in [0.1, 0.15) is 11.8 Å². The van der Waals surface area contributed by atoms with Gasteiger partial charge in [0.2, 0.25) is 11.8 Å². The van der Waals surface area contributed by atoms with Gasteiger partial charge in [0.15, 0.2) is 0 Å². The quantitative estimate of drug-likeness (QED) is 0.606. The minimum atomic E-state index is -0.685. The molecule has 0 aliphatic rings. The Kier molecular flexibility index (Phi) is 11.4. The van der Waals surface area contributed by atoms with E-state index in [0.29, 0.717) is 0 Å². The highest BCUT2D eigenvalue weighted by atomic mass is 32.1. The summed E-state index contributed by atoms with van der Waals surface area (Å²) in [5.74, 6) is -0.643. The minimum absolute atomic E-state index is 0.0251. The lowest BCUT2D eigenvalue weighted by molar-refractivity contribution is -0.128. The van der Waals surface area contributed by atoms with Gasteiger partial charge in [0, 0.05) is 12.7 Å². The molecule has 0 fully saturated rings. The van der Waals surface area contributed by atoms with Gasteiger partial charge in [-0.3, -0.25) is 14.4 Å². The number of thiol groups is 1. The molecule has 2 amide bonds. The zero-order valence-corrected chi connectivity index (χ0v) is 11.1. The largest absolute Gasteiger partial charge is 0.347 e. The van der Waals surface area contributed by atoms with Gasteiger partial charge in [-0.05, 0) is 6.92 Å². The van der Waals surface area contributed by atoms with Gasteiger partial charge >= 0.3 is 0 Å². The lowest BCUT2D eigenvalue weighted by Gasteiger charge is -2.14. The maximum atomic E-state index is 11.3. The fourth-order valence-electron chi connectivity index (χ4n) is 0.774. The molecule has 0 aromatic heterocycles. The minimum Gasteiger partial charge on any atom is -0.347 e. The summed E-state index contributed by atoms with van der Waals surface area (Å²) in [5, 5.41) is 4.80. The zero-order valence-electron chi connectivity index (χ0n) is 10.2. The Hall–Kier alpha value is -1.04. The van der Waals surface area contributed by atoms with E-state index >= 15 is 0 Å². The van der Waals surface area contributed by atoms with Crippen molar-refractivity contribution in [3.05, 3.63) is 0 Å². The summed E-state index contributed by atoms with van der Waals surface area (Å²) in [5.41, 5.74) is 0. The fourth-order valence-corrected chi connectivity index (χ4v) is 1.03. The van der Waals surface area contributed by atoms with Gasteiger partial charge in [-0.25, -0.2) is 0 Å². The molecular formula is C10H20N2O3S. The first kappa shape index (κ1) is 17.4. The van der Waals surface area contributed by atoms with E-state index in [2.05, 4.69) is 23.3 Å². The fraction of sp³-hybridized carbons (Fsp3) is 0.700. The van der Waals surface area contributed by atoms with Crippen molar-refractivity contribution in [3.8, 4) is 0 Å². The lowest BCUT2D eigenvalue weighted by Crippen LogP contribution is -2.48. The molecule has 0 spiro atoms. The molecule has 0 bridgehead atoms. The molecule has 0 unspecified atom stereocenters. The summed E-state index contributed by atoms with van der Waals surface area (Å²) < 4.78 is 0. The number of ketones is 1. The van der Waals surface area contributed by atoms with Gasteiger partial charge in [-0.2, -0.15) is 12.6 Å². The third kappa shape index (κ3) is 9.51. The van der Waals surface area contributed by atoms with Crippen LogP contribution in [0.15, 0.2) is 0 Å². The summed E-state index contributed by atoms with van der Waals surface area (Å²) in [7, 11) is 0. The Balaban J connectivity index is 0. The molecule has 0 heterocycles. The van der Waals surface area contributed by atoms with Crippen molar-refractivity contribution < 1.29 is 14.4 Å². The number of amides is 2. The van der Waals surface area contributed by atoms with Crippen LogP contribution in [0.1, 0.15) is 27.7 Å². The van der Waals surface area contributed by atoms with Crippen molar-refractivity contribution in [2.75, 3.05) is 12.3 Å². The molecule has 0 aliphatic heterocycles. The Morgan fingerprint density at radius 3 is 2.00 bits per heavy atom. The monoisotopic (exact) mass is 248 g/mol. The summed E-state index contributed by atoms with van der Waals surface area (Å²) in [6.45, 7) is 6.66. The number of rotatable bonds is 5. The molecule has 0 aromatic carbocycles. The molecule has 0 saturated heterocycles. The third-order valence-corrected chi connectivity index (χ3v) is 1.75. The van der Waals surface area contributed by atoms with E-state index in [1.165, 1.54) is 13.8 Å². The first-order chi connectivity index (χ1) is 7.47. The molecular weight excluding hydrogens is 228 g/mol. The molecule has 16 heavy (non-hydrogen) atoms. The number of nitrogens with one attached hydrogen (secondary N) is 2. The van der Waals surface area contributed by atoms with Crippen LogP contribution < -0.4 is 10.6 Å². The van der Waals surface area contributed by atoms with Gasteiger partial charge < -0.3 is 10.6 Å². The van der Waals surface area contributed by atoms with Crippen LogP contribution in [0.4, 0.5) is 0 Å². The van der Waals surface area contributed by atoms with Gasteiger partial charge in [-0.1, -0.05) is 13.8 Å². The highest BCUT2D eigenvalue weighted by Crippen LogP contribution is 1.88. The molecule has 94 valence electrons. The molecule has 1 atom stereocenters. The van der Waals surface area contributed by atoms with Gasteiger partial charge in [0.05, 0.1) is 6.54 Å². The van der Waals surface area contributed by atoms with Crippen LogP contribution in [0.3, 0.4) is 0 Å². The van der Waals surface area contributed by atoms with Crippen molar-refractivity contribution in [2.45, 2.75) is 33.7 Å². The zero-order chi connectivity index (χ0) is 13.1. The van der Waals surface area contributed by atoms with Crippen molar-refractivity contribution in [3.63, 3.8) is 0 Å². The van der Waals surface area contributed by atoms with Crippen molar-refractivity contribution in [1.82, 2.24) is 10.6 Å². The number of Topliss-reactive ketones (excluding diaryl/α,β-unsaturated/α-hetero) is 1. The topological polar surface area (TPSA) is 75.3 Å². The maximum Gasteiger partial charge on any atom is 0.243 e. The lowest BCUT2D eigenvalue weighted by atomic mass is 10.3. The number of hydrogen-bond acceptors (Lipinski definition) is 4. The van der Waals surface area contributed by atoms with E-state index < -0.39 is 11.9 Å². The van der Waals surface area contributed by atoms with Crippen molar-refractivity contribution >= 4 is 30.2 Å². The first-order valence-electron chi connectivity index (χ1n) is 5.12. The van der Waals surface area contributed by atoms with E-state index in [4.69, 9.17) is 0 Å². The van der Waals surface area contributed by atoms with E-state index in [9.17, 15) is 14.4 Å². The van der Waals surface area contributed by atoms with Crippen LogP contribution in [-0.4, -0.2) is 35.9 Å². The summed E-state index contributed by atoms with van der Waals surface area (Å²) in [6, 6.07) is -0.685. The van der Waals surface area contributed by atoms with Crippen molar-refractivity contribution in [1.29, 1.82) is 0 Å². The summed E-state index contributed by atoms with van der Waals surface area (Å²) in [6.07, 6.45) is 0. The molecule has 0 rings (SSSR count). The second kappa shape index (κ2) is 10.5. The molecule has 2 N–H and O–H groups in total. The SMILES string of the molecule is CC.CC(=O)CNC(=O)[C@H](CS)NC(C)=O. The van der Waals surface area contributed by atoms with Crippen molar-refractivity contribution in [2.24, 2.45) is 0 Å². The average molecular weight is 248 g/mol. The van der Waals surface area contributed by atoms with Gasteiger partial charge in [0.25, 0.3) is 0 Å².